The molecule has 0 spiro atoms. The Hall–Kier alpha value is -4.46. The first kappa shape index (κ1) is 24.6. The molecule has 0 radical (unpaired) electrons. The molecule has 40 heavy (non-hydrogen) atoms. The third-order valence-corrected chi connectivity index (χ3v) is 9.73. The zero-order chi connectivity index (χ0) is 27.4. The van der Waals surface area contributed by atoms with Gasteiger partial charge in [0.2, 0.25) is 0 Å². The summed E-state index contributed by atoms with van der Waals surface area (Å²) in [6.45, 7) is 0. The first-order valence-electron chi connectivity index (χ1n) is 11.6. The number of fused-ring (bicyclic) bond motifs is 2. The molecule has 0 saturated carbocycles. The highest BCUT2D eigenvalue weighted by atomic mass is 32.1. The van der Waals surface area contributed by atoms with E-state index in [-0.39, 0.29) is 11.1 Å². The Bertz CT molecular complexity index is 2030. The van der Waals surface area contributed by atoms with E-state index in [2.05, 4.69) is 17.5 Å². The summed E-state index contributed by atoms with van der Waals surface area (Å²) in [6.07, 6.45) is 0. The van der Waals surface area contributed by atoms with Crippen molar-refractivity contribution in [2.24, 2.45) is 8.73 Å². The number of thiophene rings is 2. The van der Waals surface area contributed by atoms with Gasteiger partial charge in [-0.25, -0.2) is 8.78 Å². The Morgan fingerprint density at radius 1 is 0.600 bits per heavy atom. The number of aromatic nitrogens is 2. The van der Waals surface area contributed by atoms with Crippen LogP contribution in [-0.4, -0.2) is 8.75 Å². The SMILES string of the molecule is N#Cc1cc(-c2ccc(-c3c4c(c(-c5ccc(-c6ccc(F)c(C#N)c6)s5)c5nsnc35)N=S=N4)s2)ccc1F. The predicted octanol–water partition coefficient (Wildman–Crippen LogP) is 9.23. The average Bonchev–Trinajstić information content (AvgIpc) is 3.79. The van der Waals surface area contributed by atoms with E-state index in [9.17, 15) is 19.3 Å². The second-order valence-corrected chi connectivity index (χ2v) is 11.8. The molecular weight excluding hydrogens is 587 g/mol. The highest BCUT2D eigenvalue weighted by Gasteiger charge is 2.28. The second kappa shape index (κ2) is 9.62. The van der Waals surface area contributed by atoms with Gasteiger partial charge >= 0.3 is 0 Å². The standard InChI is InChI=1S/C28H10F2N6S4/c29-17-3-1-13(9-15(17)11-31)19-5-7-21(37-19)23-25-27(35-39-33-25)24(28-26(23)34-40-36-28)22-8-6-20(38-22)14-2-4-18(30)16(10-14)12-32/h1-10H. The molecule has 4 heterocycles. The van der Waals surface area contributed by atoms with Crippen molar-refractivity contribution < 1.29 is 8.78 Å². The van der Waals surface area contributed by atoms with Crippen LogP contribution >= 0.6 is 34.4 Å². The maximum absolute atomic E-state index is 13.9. The quantitative estimate of drug-likeness (QED) is 0.202. The van der Waals surface area contributed by atoms with E-state index in [1.54, 1.807) is 24.3 Å². The van der Waals surface area contributed by atoms with Crippen molar-refractivity contribution in [3.8, 4) is 53.9 Å². The minimum atomic E-state index is -0.550. The molecule has 0 bridgehead atoms. The van der Waals surface area contributed by atoms with Gasteiger partial charge in [-0.3, -0.25) is 0 Å². The van der Waals surface area contributed by atoms with Crippen LogP contribution in [0.3, 0.4) is 0 Å². The Labute approximate surface area is 241 Å². The molecule has 3 aromatic heterocycles. The zero-order valence-corrected chi connectivity index (χ0v) is 23.1. The molecule has 6 nitrogen and oxygen atoms in total. The maximum Gasteiger partial charge on any atom is 0.140 e. The van der Waals surface area contributed by atoms with Crippen LogP contribution in [0.1, 0.15) is 11.1 Å². The molecule has 0 fully saturated rings. The molecule has 7 rings (SSSR count). The van der Waals surface area contributed by atoms with Gasteiger partial charge in [-0.15, -0.1) is 22.7 Å². The van der Waals surface area contributed by atoms with E-state index in [4.69, 9.17) is 0 Å². The first-order valence-corrected chi connectivity index (χ1v) is 14.7. The van der Waals surface area contributed by atoms with Crippen LogP contribution in [0.5, 0.6) is 0 Å². The van der Waals surface area contributed by atoms with E-state index in [0.29, 0.717) is 22.4 Å². The maximum atomic E-state index is 13.9. The van der Waals surface area contributed by atoms with Gasteiger partial charge in [-0.2, -0.15) is 28.0 Å². The van der Waals surface area contributed by atoms with E-state index in [1.807, 2.05) is 36.4 Å². The van der Waals surface area contributed by atoms with Crippen molar-refractivity contribution in [2.75, 3.05) is 0 Å². The lowest BCUT2D eigenvalue weighted by molar-refractivity contribution is 0.624. The summed E-state index contributed by atoms with van der Waals surface area (Å²) in [5.74, 6) is -1.10. The fourth-order valence-corrected chi connectivity index (χ4v) is 7.73. The Morgan fingerprint density at radius 3 is 1.50 bits per heavy atom. The van der Waals surface area contributed by atoms with Crippen molar-refractivity contribution in [1.82, 2.24) is 8.75 Å². The molecule has 3 aromatic carbocycles. The smallest absolute Gasteiger partial charge is 0.140 e. The van der Waals surface area contributed by atoms with Gasteiger partial charge in [0.05, 0.1) is 34.2 Å². The first-order chi connectivity index (χ1) is 19.6. The second-order valence-electron chi connectivity index (χ2n) is 8.61. The van der Waals surface area contributed by atoms with Crippen molar-refractivity contribution >= 4 is 68.2 Å². The largest absolute Gasteiger partial charge is 0.206 e. The minimum Gasteiger partial charge on any atom is -0.206 e. The summed E-state index contributed by atoms with van der Waals surface area (Å²) >= 11 is 5.20. The Balaban J connectivity index is 1.36. The Kier molecular flexibility index (Phi) is 5.91. The monoisotopic (exact) mass is 596 g/mol. The minimum absolute atomic E-state index is 0.00575. The molecule has 0 amide bonds. The molecule has 1 aliphatic rings. The normalized spacial score (nSPS) is 11.8. The number of nitrogens with zero attached hydrogens (tertiary/aromatic N) is 6. The number of nitriles is 2. The van der Waals surface area contributed by atoms with Crippen molar-refractivity contribution in [3.05, 3.63) is 83.4 Å². The average molecular weight is 597 g/mol. The van der Waals surface area contributed by atoms with Crippen molar-refractivity contribution in [1.29, 1.82) is 10.5 Å². The number of hydrogen-bond donors (Lipinski definition) is 0. The van der Waals surface area contributed by atoms with Crippen LogP contribution < -0.4 is 0 Å². The van der Waals surface area contributed by atoms with Gasteiger partial charge in [0.25, 0.3) is 0 Å². The summed E-state index contributed by atoms with van der Waals surface area (Å²) in [6, 6.07) is 20.6. The molecule has 0 saturated heterocycles. The lowest BCUT2D eigenvalue weighted by Gasteiger charge is -2.09. The van der Waals surface area contributed by atoms with Gasteiger partial charge in [0.1, 0.15) is 46.2 Å². The van der Waals surface area contributed by atoms with Crippen LogP contribution in [0.2, 0.25) is 0 Å². The van der Waals surface area contributed by atoms with Crippen LogP contribution in [0.25, 0.3) is 52.8 Å². The summed E-state index contributed by atoms with van der Waals surface area (Å²) in [5.41, 5.74) is 5.94. The van der Waals surface area contributed by atoms with Gasteiger partial charge in [-0.05, 0) is 59.7 Å². The summed E-state index contributed by atoms with van der Waals surface area (Å²) in [5, 5.41) is 18.5. The van der Waals surface area contributed by atoms with E-state index < -0.39 is 11.6 Å². The lowest BCUT2D eigenvalue weighted by Crippen LogP contribution is -1.85. The molecule has 0 atom stereocenters. The number of halogens is 2. The molecule has 6 aromatic rings. The van der Waals surface area contributed by atoms with Crippen LogP contribution in [0.4, 0.5) is 20.2 Å². The molecule has 0 unspecified atom stereocenters. The van der Waals surface area contributed by atoms with Crippen molar-refractivity contribution in [3.63, 3.8) is 0 Å². The molecule has 190 valence electrons. The van der Waals surface area contributed by atoms with Crippen LogP contribution in [0.15, 0.2) is 69.4 Å². The highest BCUT2D eigenvalue weighted by molar-refractivity contribution is 7.58. The lowest BCUT2D eigenvalue weighted by atomic mass is 10.0. The third kappa shape index (κ3) is 3.89. The summed E-state index contributed by atoms with van der Waals surface area (Å²) < 4.78 is 46.3. The summed E-state index contributed by atoms with van der Waals surface area (Å²) in [4.78, 5) is 3.56. The van der Waals surface area contributed by atoms with Crippen molar-refractivity contribution in [2.45, 2.75) is 0 Å². The molecule has 12 heteroatoms. The number of rotatable bonds is 4. The fourth-order valence-electron chi connectivity index (χ4n) is 4.51. The molecular formula is C28H10F2N6S4. The van der Waals surface area contributed by atoms with E-state index in [0.717, 1.165) is 64.8 Å². The number of benzene rings is 3. The van der Waals surface area contributed by atoms with Gasteiger partial charge in [-0.1, -0.05) is 12.1 Å². The van der Waals surface area contributed by atoms with Crippen LogP contribution in [-0.2, 0) is 11.4 Å². The highest BCUT2D eigenvalue weighted by Crippen LogP contribution is 2.54. The molecule has 1 aliphatic heterocycles. The summed E-state index contributed by atoms with van der Waals surface area (Å²) in [7, 11) is 0. The molecule has 0 N–H and O–H groups in total. The van der Waals surface area contributed by atoms with Gasteiger partial charge in [0.15, 0.2) is 0 Å². The van der Waals surface area contributed by atoms with Gasteiger partial charge in [0, 0.05) is 30.6 Å². The van der Waals surface area contributed by atoms with E-state index in [1.165, 1.54) is 34.8 Å². The van der Waals surface area contributed by atoms with E-state index >= 15 is 0 Å². The topological polar surface area (TPSA) is 98.1 Å². The molecule has 0 aliphatic carbocycles. The van der Waals surface area contributed by atoms with Crippen LogP contribution in [0, 0.1) is 34.3 Å². The zero-order valence-electron chi connectivity index (χ0n) is 19.8. The Morgan fingerprint density at radius 2 is 1.05 bits per heavy atom. The fraction of sp³-hybridized carbons (Fsp3) is 0. The van der Waals surface area contributed by atoms with Gasteiger partial charge < -0.3 is 0 Å². The number of hydrogen-bond acceptors (Lipinski definition) is 9. The predicted molar refractivity (Wildman–Crippen MR) is 156 cm³/mol. The third-order valence-electron chi connectivity index (χ3n) is 6.37.